The molecule has 3 rings (SSSR count). The summed E-state index contributed by atoms with van der Waals surface area (Å²) in [4.78, 5) is 32.0. The highest BCUT2D eigenvalue weighted by Gasteiger charge is 2.15. The van der Waals surface area contributed by atoms with Crippen LogP contribution in [-0.4, -0.2) is 33.3 Å². The maximum atomic E-state index is 12.5. The van der Waals surface area contributed by atoms with E-state index in [9.17, 15) is 9.59 Å². The number of anilines is 1. The molecule has 0 bridgehead atoms. The number of hydrogen-bond acceptors (Lipinski definition) is 5. The normalized spacial score (nSPS) is 11.3. The molecule has 148 valence electrons. The van der Waals surface area contributed by atoms with Gasteiger partial charge < -0.3 is 5.32 Å². The lowest BCUT2D eigenvalue weighted by atomic mass is 10.3. The Bertz CT molecular complexity index is 1060. The van der Waals surface area contributed by atoms with Gasteiger partial charge in [-0.25, -0.2) is 4.98 Å². The van der Waals surface area contributed by atoms with Crippen LogP contribution in [0.15, 0.2) is 34.4 Å². The molecule has 0 saturated carbocycles. The molecular weight excluding hydrogens is 419 g/mol. The van der Waals surface area contributed by atoms with Gasteiger partial charge in [-0.3, -0.25) is 18.9 Å². The molecule has 28 heavy (non-hydrogen) atoms. The third-order valence-electron chi connectivity index (χ3n) is 4.13. The summed E-state index contributed by atoms with van der Waals surface area (Å²) in [5.41, 5.74) is 1.93. The molecule has 0 aliphatic heterocycles. The highest BCUT2D eigenvalue weighted by atomic mass is 35.5. The van der Waals surface area contributed by atoms with E-state index >= 15 is 0 Å². The second-order valence-electron chi connectivity index (χ2n) is 6.46. The number of nitrogens with zero attached hydrogens (tertiary/aromatic N) is 3. The van der Waals surface area contributed by atoms with Gasteiger partial charge in [0, 0.05) is 28.7 Å². The van der Waals surface area contributed by atoms with Crippen LogP contribution < -0.4 is 10.9 Å². The maximum absolute atomic E-state index is 12.5. The fraction of sp³-hybridized carbons (Fsp3) is 0.316. The summed E-state index contributed by atoms with van der Waals surface area (Å²) in [5, 5.41) is 5.60. The molecule has 2 aromatic heterocycles. The van der Waals surface area contributed by atoms with Crippen LogP contribution in [0.4, 0.5) is 5.69 Å². The predicted molar refractivity (Wildman–Crippen MR) is 115 cm³/mol. The summed E-state index contributed by atoms with van der Waals surface area (Å²) in [7, 11) is 0. The number of aromatic nitrogens is 2. The van der Waals surface area contributed by atoms with Crippen LogP contribution in [0.2, 0.25) is 10.0 Å². The fourth-order valence-corrected chi connectivity index (χ4v) is 4.27. The Kier molecular flexibility index (Phi) is 6.72. The van der Waals surface area contributed by atoms with Crippen LogP contribution in [0.3, 0.4) is 0 Å². The quantitative estimate of drug-likeness (QED) is 0.599. The molecule has 1 N–H and O–H groups in total. The minimum atomic E-state index is -0.192. The van der Waals surface area contributed by atoms with Crippen LogP contribution in [0.1, 0.15) is 24.7 Å². The first kappa shape index (κ1) is 20.8. The van der Waals surface area contributed by atoms with Crippen molar-refractivity contribution in [3.63, 3.8) is 0 Å². The minimum absolute atomic E-state index is 0.104. The van der Waals surface area contributed by atoms with Crippen LogP contribution in [0.5, 0.6) is 0 Å². The molecule has 1 aromatic carbocycles. The molecular formula is C19H20Cl2N4O2S. The zero-order valence-corrected chi connectivity index (χ0v) is 17.9. The molecule has 0 spiro atoms. The van der Waals surface area contributed by atoms with Gasteiger partial charge in [0.15, 0.2) is 4.96 Å². The molecule has 0 radical (unpaired) electrons. The van der Waals surface area contributed by atoms with Gasteiger partial charge in [-0.05, 0) is 38.1 Å². The van der Waals surface area contributed by atoms with E-state index < -0.39 is 0 Å². The number of rotatable bonds is 7. The molecule has 0 aliphatic rings. The number of carbonyl (C=O) groups is 1. The van der Waals surface area contributed by atoms with E-state index in [4.69, 9.17) is 23.2 Å². The Hall–Kier alpha value is -1.93. The summed E-state index contributed by atoms with van der Waals surface area (Å²) < 4.78 is 1.59. The number of benzene rings is 1. The highest BCUT2D eigenvalue weighted by molar-refractivity contribution is 7.15. The average Bonchev–Trinajstić information content (AvgIpc) is 2.99. The summed E-state index contributed by atoms with van der Waals surface area (Å²) >= 11 is 13.4. The van der Waals surface area contributed by atoms with Crippen molar-refractivity contribution in [1.82, 2.24) is 14.3 Å². The Morgan fingerprint density at radius 2 is 2.11 bits per heavy atom. The van der Waals surface area contributed by atoms with Gasteiger partial charge in [-0.15, -0.1) is 11.3 Å². The number of carbonyl (C=O) groups excluding carboxylic acids is 1. The molecule has 9 heteroatoms. The van der Waals surface area contributed by atoms with E-state index in [-0.39, 0.29) is 18.0 Å². The van der Waals surface area contributed by atoms with Crippen molar-refractivity contribution in [2.75, 3.05) is 18.4 Å². The second-order valence-corrected chi connectivity index (χ2v) is 8.14. The molecule has 1 amide bonds. The first-order valence-corrected chi connectivity index (χ1v) is 10.4. The van der Waals surface area contributed by atoms with Crippen molar-refractivity contribution in [2.24, 2.45) is 0 Å². The summed E-state index contributed by atoms with van der Waals surface area (Å²) in [6, 6.07) is 6.45. The molecule has 3 aromatic rings. The zero-order valence-electron chi connectivity index (χ0n) is 15.5. The van der Waals surface area contributed by atoms with Gasteiger partial charge in [0.2, 0.25) is 5.91 Å². The topological polar surface area (TPSA) is 66.7 Å². The van der Waals surface area contributed by atoms with Gasteiger partial charge in [0.25, 0.3) is 5.56 Å². The van der Waals surface area contributed by atoms with Crippen molar-refractivity contribution in [1.29, 1.82) is 0 Å². The first-order valence-electron chi connectivity index (χ1n) is 8.81. The maximum Gasteiger partial charge on any atom is 0.259 e. The number of halogens is 2. The minimum Gasteiger partial charge on any atom is -0.324 e. The molecule has 0 atom stereocenters. The van der Waals surface area contributed by atoms with Crippen molar-refractivity contribution >= 4 is 51.1 Å². The van der Waals surface area contributed by atoms with E-state index in [2.05, 4.69) is 10.3 Å². The third-order valence-corrected chi connectivity index (χ3v) is 5.62. The van der Waals surface area contributed by atoms with Gasteiger partial charge in [0.05, 0.1) is 22.9 Å². The second kappa shape index (κ2) is 9.05. The highest BCUT2D eigenvalue weighted by Crippen LogP contribution is 2.25. The Balaban J connectivity index is 1.72. The van der Waals surface area contributed by atoms with Gasteiger partial charge in [0.1, 0.15) is 0 Å². The first-order chi connectivity index (χ1) is 13.4. The van der Waals surface area contributed by atoms with Crippen molar-refractivity contribution in [2.45, 2.75) is 26.8 Å². The summed E-state index contributed by atoms with van der Waals surface area (Å²) in [6.07, 6.45) is 0.869. The molecule has 6 nitrogen and oxygen atoms in total. The lowest BCUT2D eigenvalue weighted by Crippen LogP contribution is -2.34. The summed E-state index contributed by atoms with van der Waals surface area (Å²) in [6.45, 7) is 5.19. The van der Waals surface area contributed by atoms with E-state index in [0.717, 1.165) is 12.1 Å². The van der Waals surface area contributed by atoms with Crippen molar-refractivity contribution in [3.05, 3.63) is 61.4 Å². The molecule has 0 saturated heterocycles. The number of nitrogens with one attached hydrogen (secondary N) is 1. The summed E-state index contributed by atoms with van der Waals surface area (Å²) in [5.74, 6) is -0.192. The van der Waals surface area contributed by atoms with Crippen molar-refractivity contribution < 1.29 is 4.79 Å². The number of hydrogen-bond donors (Lipinski definition) is 1. The fourth-order valence-electron chi connectivity index (χ4n) is 2.92. The zero-order chi connectivity index (χ0) is 20.3. The van der Waals surface area contributed by atoms with Crippen LogP contribution in [0.25, 0.3) is 4.96 Å². The SMILES string of the molecule is CCCN(CC(=O)Nc1ccc(Cl)cc1Cl)Cc1cc(=O)n2c(C)csc2n1. The van der Waals surface area contributed by atoms with Crippen LogP contribution >= 0.6 is 34.5 Å². The molecule has 2 heterocycles. The standard InChI is InChI=1S/C19H20Cl2N4O2S/c1-3-6-24(10-17(26)23-16-5-4-13(20)7-15(16)21)9-14-8-18(27)25-12(2)11-28-19(25)22-14/h4-5,7-8,11H,3,6,9-10H2,1-2H3,(H,23,26). The lowest BCUT2D eigenvalue weighted by Gasteiger charge is -2.21. The van der Waals surface area contributed by atoms with E-state index in [1.165, 1.54) is 17.4 Å². The van der Waals surface area contributed by atoms with Gasteiger partial charge in [-0.1, -0.05) is 30.1 Å². The van der Waals surface area contributed by atoms with Crippen LogP contribution in [-0.2, 0) is 11.3 Å². The predicted octanol–water partition coefficient (Wildman–Crippen LogP) is 4.22. The number of aryl methyl sites for hydroxylation is 1. The average molecular weight is 439 g/mol. The Morgan fingerprint density at radius 3 is 2.82 bits per heavy atom. The van der Waals surface area contributed by atoms with Crippen LogP contribution in [0, 0.1) is 6.92 Å². The number of thiazole rings is 1. The van der Waals surface area contributed by atoms with E-state index in [0.29, 0.717) is 39.5 Å². The third kappa shape index (κ3) is 4.91. The molecule has 0 aliphatic carbocycles. The molecule has 0 fully saturated rings. The molecule has 0 unspecified atom stereocenters. The van der Waals surface area contributed by atoms with E-state index in [1.54, 1.807) is 22.6 Å². The van der Waals surface area contributed by atoms with E-state index in [1.807, 2.05) is 24.1 Å². The largest absolute Gasteiger partial charge is 0.324 e. The van der Waals surface area contributed by atoms with Gasteiger partial charge in [-0.2, -0.15) is 0 Å². The number of amides is 1. The Morgan fingerprint density at radius 1 is 1.32 bits per heavy atom. The lowest BCUT2D eigenvalue weighted by molar-refractivity contribution is -0.117. The smallest absolute Gasteiger partial charge is 0.259 e. The number of fused-ring (bicyclic) bond motifs is 1. The van der Waals surface area contributed by atoms with Gasteiger partial charge >= 0.3 is 0 Å². The Labute approximate surface area is 176 Å². The van der Waals surface area contributed by atoms with Crippen molar-refractivity contribution in [3.8, 4) is 0 Å². The monoisotopic (exact) mass is 438 g/mol.